The summed E-state index contributed by atoms with van der Waals surface area (Å²) in [5.41, 5.74) is 5.32. The van der Waals surface area contributed by atoms with Crippen molar-refractivity contribution in [3.05, 3.63) is 78.1 Å². The van der Waals surface area contributed by atoms with E-state index in [1.54, 1.807) is 6.20 Å². The first-order valence-electron chi connectivity index (χ1n) is 12.4. The molecular weight excluding hydrogens is 438 g/mol. The zero-order chi connectivity index (χ0) is 24.2. The summed E-state index contributed by atoms with van der Waals surface area (Å²) in [6.45, 7) is 7.56. The van der Waals surface area contributed by atoms with Crippen LogP contribution in [0.2, 0.25) is 0 Å². The van der Waals surface area contributed by atoms with Gasteiger partial charge in [-0.15, -0.1) is 0 Å². The Kier molecular flexibility index (Phi) is 6.66. The van der Waals surface area contributed by atoms with E-state index < -0.39 is 0 Å². The van der Waals surface area contributed by atoms with Crippen LogP contribution in [0.1, 0.15) is 36.3 Å². The Morgan fingerprint density at radius 2 is 1.71 bits per heavy atom. The molecule has 0 N–H and O–H groups in total. The van der Waals surface area contributed by atoms with Crippen molar-refractivity contribution in [2.45, 2.75) is 26.7 Å². The molecule has 1 aliphatic rings. The van der Waals surface area contributed by atoms with Gasteiger partial charge in [0.2, 0.25) is 0 Å². The van der Waals surface area contributed by atoms with Gasteiger partial charge in [0, 0.05) is 44.0 Å². The standard InChI is InChI=1S/C28H31N5O2/c1-3-10-24-22(20-29-27-19-23(30-33(24)27)21-11-6-5-7-12-21)28(34)32-17-15-31(16-18-32)25-13-8-9-14-26(25)35-4-2/h5-9,11-14,19-20H,3-4,10,15-18H2,1-2H3. The van der Waals surface area contributed by atoms with Crippen molar-refractivity contribution in [3.63, 3.8) is 0 Å². The normalized spacial score (nSPS) is 13.9. The molecule has 0 radical (unpaired) electrons. The molecule has 1 saturated heterocycles. The summed E-state index contributed by atoms with van der Waals surface area (Å²) >= 11 is 0. The maximum absolute atomic E-state index is 13.6. The molecule has 0 bridgehead atoms. The van der Waals surface area contributed by atoms with Crippen molar-refractivity contribution in [1.29, 1.82) is 0 Å². The van der Waals surface area contributed by atoms with Gasteiger partial charge in [-0.2, -0.15) is 5.10 Å². The number of carbonyl (C=O) groups is 1. The van der Waals surface area contributed by atoms with Crippen LogP contribution in [0, 0.1) is 0 Å². The second-order valence-electron chi connectivity index (χ2n) is 8.71. The number of anilines is 1. The minimum atomic E-state index is 0.0253. The molecule has 1 fully saturated rings. The summed E-state index contributed by atoms with van der Waals surface area (Å²) in [4.78, 5) is 22.5. The molecule has 0 atom stereocenters. The van der Waals surface area contributed by atoms with E-state index in [2.05, 4.69) is 22.9 Å². The quantitative estimate of drug-likeness (QED) is 0.392. The summed E-state index contributed by atoms with van der Waals surface area (Å²) in [5, 5.41) is 4.83. The van der Waals surface area contributed by atoms with Crippen LogP contribution in [0.5, 0.6) is 5.75 Å². The zero-order valence-corrected chi connectivity index (χ0v) is 20.4. The smallest absolute Gasteiger partial charge is 0.257 e. The van der Waals surface area contributed by atoms with E-state index in [4.69, 9.17) is 9.84 Å². The van der Waals surface area contributed by atoms with Gasteiger partial charge in [0.15, 0.2) is 5.65 Å². The number of nitrogens with zero attached hydrogens (tertiary/aromatic N) is 5. The second-order valence-corrected chi connectivity index (χ2v) is 8.71. The van der Waals surface area contributed by atoms with Crippen LogP contribution >= 0.6 is 0 Å². The molecule has 3 heterocycles. The number of carbonyl (C=O) groups excluding carboxylic acids is 1. The predicted octanol–water partition coefficient (Wildman–Crippen LogP) is 4.71. The molecule has 0 saturated carbocycles. The molecule has 5 rings (SSSR count). The summed E-state index contributed by atoms with van der Waals surface area (Å²) in [7, 11) is 0. The number of fused-ring (bicyclic) bond motifs is 1. The van der Waals surface area contributed by atoms with Crippen molar-refractivity contribution in [2.24, 2.45) is 0 Å². The Hall–Kier alpha value is -3.87. The fraction of sp³-hybridized carbons (Fsp3) is 0.321. The molecule has 7 nitrogen and oxygen atoms in total. The molecule has 1 amide bonds. The third-order valence-corrected chi connectivity index (χ3v) is 6.44. The number of para-hydroxylation sites is 2. The monoisotopic (exact) mass is 469 g/mol. The molecule has 0 spiro atoms. The molecular formula is C28H31N5O2. The van der Waals surface area contributed by atoms with Crippen LogP contribution in [0.4, 0.5) is 5.69 Å². The minimum Gasteiger partial charge on any atom is -0.492 e. The highest BCUT2D eigenvalue weighted by Crippen LogP contribution is 2.29. The van der Waals surface area contributed by atoms with E-state index in [1.807, 2.05) is 70.9 Å². The summed E-state index contributed by atoms with van der Waals surface area (Å²) in [6, 6.07) is 20.2. The maximum atomic E-state index is 13.6. The maximum Gasteiger partial charge on any atom is 0.257 e. The van der Waals surface area contributed by atoms with Gasteiger partial charge in [-0.1, -0.05) is 55.8 Å². The fourth-order valence-corrected chi connectivity index (χ4v) is 4.70. The lowest BCUT2D eigenvalue weighted by atomic mass is 10.1. The zero-order valence-electron chi connectivity index (χ0n) is 20.4. The Labute approximate surface area is 206 Å². The Bertz CT molecular complexity index is 1310. The Morgan fingerprint density at radius 1 is 0.971 bits per heavy atom. The first-order valence-corrected chi connectivity index (χ1v) is 12.4. The summed E-state index contributed by atoms with van der Waals surface area (Å²) in [6.07, 6.45) is 3.41. The molecule has 2 aromatic heterocycles. The van der Waals surface area contributed by atoms with Gasteiger partial charge in [-0.25, -0.2) is 9.50 Å². The van der Waals surface area contributed by atoms with Crippen LogP contribution in [0.25, 0.3) is 16.9 Å². The number of aromatic nitrogens is 3. The van der Waals surface area contributed by atoms with Crippen molar-refractivity contribution in [2.75, 3.05) is 37.7 Å². The van der Waals surface area contributed by atoms with Crippen LogP contribution < -0.4 is 9.64 Å². The number of hydrogen-bond acceptors (Lipinski definition) is 5. The van der Waals surface area contributed by atoms with E-state index >= 15 is 0 Å². The van der Waals surface area contributed by atoms with Crippen molar-refractivity contribution < 1.29 is 9.53 Å². The van der Waals surface area contributed by atoms with E-state index in [0.29, 0.717) is 25.3 Å². The van der Waals surface area contributed by atoms with Gasteiger partial charge in [-0.05, 0) is 25.5 Å². The lowest BCUT2D eigenvalue weighted by Crippen LogP contribution is -2.49. The van der Waals surface area contributed by atoms with Crippen LogP contribution in [-0.4, -0.2) is 58.2 Å². The highest BCUT2D eigenvalue weighted by Gasteiger charge is 2.26. The largest absolute Gasteiger partial charge is 0.492 e. The molecule has 4 aromatic rings. The van der Waals surface area contributed by atoms with Crippen molar-refractivity contribution in [3.8, 4) is 17.0 Å². The van der Waals surface area contributed by atoms with Crippen molar-refractivity contribution in [1.82, 2.24) is 19.5 Å². The lowest BCUT2D eigenvalue weighted by molar-refractivity contribution is 0.0744. The van der Waals surface area contributed by atoms with Crippen LogP contribution in [0.3, 0.4) is 0 Å². The molecule has 35 heavy (non-hydrogen) atoms. The van der Waals surface area contributed by atoms with Crippen LogP contribution in [0.15, 0.2) is 66.9 Å². The molecule has 1 aliphatic heterocycles. The van der Waals surface area contributed by atoms with Gasteiger partial charge >= 0.3 is 0 Å². The average Bonchev–Trinajstić information content (AvgIpc) is 3.35. The van der Waals surface area contributed by atoms with Gasteiger partial charge in [0.05, 0.1) is 29.2 Å². The average molecular weight is 470 g/mol. The number of rotatable bonds is 7. The van der Waals surface area contributed by atoms with Gasteiger partial charge in [0.1, 0.15) is 5.75 Å². The Balaban J connectivity index is 1.39. The molecule has 7 heteroatoms. The minimum absolute atomic E-state index is 0.0253. The summed E-state index contributed by atoms with van der Waals surface area (Å²) < 4.78 is 7.67. The van der Waals surface area contributed by atoms with E-state index in [-0.39, 0.29) is 5.91 Å². The third kappa shape index (κ3) is 4.58. The fourth-order valence-electron chi connectivity index (χ4n) is 4.70. The highest BCUT2D eigenvalue weighted by molar-refractivity contribution is 5.95. The molecule has 0 aliphatic carbocycles. The number of amides is 1. The lowest BCUT2D eigenvalue weighted by Gasteiger charge is -2.37. The number of ether oxygens (including phenoxy) is 1. The second kappa shape index (κ2) is 10.2. The van der Waals surface area contributed by atoms with E-state index in [0.717, 1.165) is 60.0 Å². The number of aryl methyl sites for hydroxylation is 1. The molecule has 0 unspecified atom stereocenters. The van der Waals surface area contributed by atoms with E-state index in [1.165, 1.54) is 0 Å². The number of piperazine rings is 1. The van der Waals surface area contributed by atoms with E-state index in [9.17, 15) is 4.79 Å². The number of hydrogen-bond donors (Lipinski definition) is 0. The Morgan fingerprint density at radius 3 is 2.46 bits per heavy atom. The molecule has 2 aromatic carbocycles. The first kappa shape index (κ1) is 22.9. The number of benzene rings is 2. The first-order chi connectivity index (χ1) is 17.2. The van der Waals surface area contributed by atoms with Gasteiger partial charge in [0.25, 0.3) is 5.91 Å². The third-order valence-electron chi connectivity index (χ3n) is 6.44. The molecule has 180 valence electrons. The highest BCUT2D eigenvalue weighted by atomic mass is 16.5. The SMILES string of the molecule is CCCc1c(C(=O)N2CCN(c3ccccc3OCC)CC2)cnc2cc(-c3ccccc3)nn12. The van der Waals surface area contributed by atoms with Gasteiger partial charge < -0.3 is 14.5 Å². The summed E-state index contributed by atoms with van der Waals surface area (Å²) in [5.74, 6) is 0.917. The van der Waals surface area contributed by atoms with Gasteiger partial charge in [-0.3, -0.25) is 4.79 Å². The van der Waals surface area contributed by atoms with Crippen molar-refractivity contribution >= 4 is 17.2 Å². The predicted molar refractivity (Wildman–Crippen MR) is 138 cm³/mol. The van der Waals surface area contributed by atoms with Crippen LogP contribution in [-0.2, 0) is 6.42 Å². The topological polar surface area (TPSA) is 63.0 Å².